The van der Waals surface area contributed by atoms with E-state index >= 15 is 0 Å². The highest BCUT2D eigenvalue weighted by molar-refractivity contribution is 5.73. The number of likely N-dealkylation sites (tertiary alicyclic amines) is 1. The van der Waals surface area contributed by atoms with Crippen molar-refractivity contribution in [3.05, 3.63) is 29.7 Å². The molecule has 2 aromatic rings. The number of piperidine rings is 1. The molecule has 1 aromatic heterocycles. The van der Waals surface area contributed by atoms with Gasteiger partial charge in [0.1, 0.15) is 5.52 Å². The van der Waals surface area contributed by atoms with E-state index in [1.54, 1.807) is 0 Å². The molecule has 2 heterocycles. The summed E-state index contributed by atoms with van der Waals surface area (Å²) in [7, 11) is 0. The zero-order valence-corrected chi connectivity index (χ0v) is 15.8. The first-order valence-corrected chi connectivity index (χ1v) is 9.63. The summed E-state index contributed by atoms with van der Waals surface area (Å²) in [6.45, 7) is 12.7. The Labute approximate surface area is 146 Å². The number of aromatic nitrogens is 1. The Morgan fingerprint density at radius 1 is 1.29 bits per heavy atom. The molecule has 0 bridgehead atoms. The molecule has 2 atom stereocenters. The number of benzene rings is 1. The minimum atomic E-state index is 0.231. The Hall–Kier alpha value is -1.35. The fraction of sp³-hybridized carbons (Fsp3) is 0.667. The van der Waals surface area contributed by atoms with Gasteiger partial charge in [-0.05, 0) is 55.0 Å². The lowest BCUT2D eigenvalue weighted by atomic mass is 9.68. The van der Waals surface area contributed by atoms with Crippen LogP contribution in [0.5, 0.6) is 0 Å². The minimum Gasteiger partial charge on any atom is -0.441 e. The molecule has 0 amide bonds. The maximum atomic E-state index is 5.76. The molecule has 0 N–H and O–H groups in total. The number of unbranched alkanes of at least 4 members (excludes halogenated alkanes) is 3. The summed E-state index contributed by atoms with van der Waals surface area (Å²) in [4.78, 5) is 7.09. The lowest BCUT2D eigenvalue weighted by Gasteiger charge is -2.45. The van der Waals surface area contributed by atoms with Gasteiger partial charge in [0, 0.05) is 13.5 Å². The lowest BCUT2D eigenvalue weighted by molar-refractivity contribution is 0.109. The van der Waals surface area contributed by atoms with Crippen molar-refractivity contribution < 1.29 is 4.42 Å². The van der Waals surface area contributed by atoms with Gasteiger partial charge in [0.15, 0.2) is 11.5 Å². The molecular weight excluding hydrogens is 296 g/mol. The number of hydrogen-bond donors (Lipinski definition) is 0. The number of rotatable bonds is 6. The zero-order chi connectivity index (χ0) is 17.2. The number of hydrogen-bond acceptors (Lipinski definition) is 3. The highest BCUT2D eigenvalue weighted by Gasteiger charge is 2.38. The second kappa shape index (κ2) is 7.26. The van der Waals surface area contributed by atoms with Crippen LogP contribution < -0.4 is 0 Å². The molecule has 3 heteroatoms. The van der Waals surface area contributed by atoms with Gasteiger partial charge in [0.25, 0.3) is 0 Å². The summed E-state index contributed by atoms with van der Waals surface area (Å²) in [5.74, 6) is 1.40. The van der Waals surface area contributed by atoms with Crippen LogP contribution in [0.2, 0.25) is 0 Å². The molecule has 0 unspecified atom stereocenters. The van der Waals surface area contributed by atoms with Gasteiger partial charge >= 0.3 is 0 Å². The monoisotopic (exact) mass is 328 g/mol. The predicted octanol–water partition coefficient (Wildman–Crippen LogP) is 5.32. The number of nitrogens with zero attached hydrogens (tertiary/aromatic N) is 2. The van der Waals surface area contributed by atoms with Crippen molar-refractivity contribution in [3.63, 3.8) is 0 Å². The van der Waals surface area contributed by atoms with Crippen molar-refractivity contribution in [2.75, 3.05) is 19.6 Å². The number of oxazole rings is 1. The highest BCUT2D eigenvalue weighted by Crippen LogP contribution is 2.40. The van der Waals surface area contributed by atoms with Crippen molar-refractivity contribution in [2.45, 2.75) is 65.2 Å². The highest BCUT2D eigenvalue weighted by atomic mass is 16.3. The van der Waals surface area contributed by atoms with E-state index in [9.17, 15) is 0 Å². The SMILES string of the molecule is CCCCCCN1CC[C@](C)(c2ccc3nc(C)oc3c2)[C@@H](C)C1. The number of aryl methyl sites for hydroxylation is 1. The molecule has 1 aliphatic rings. The third kappa shape index (κ3) is 3.51. The summed E-state index contributed by atoms with van der Waals surface area (Å²) < 4.78 is 5.76. The Morgan fingerprint density at radius 2 is 2.12 bits per heavy atom. The second-order valence-electron chi connectivity index (χ2n) is 7.85. The van der Waals surface area contributed by atoms with Crippen LogP contribution in [0.25, 0.3) is 11.1 Å². The molecule has 3 rings (SSSR count). The average Bonchev–Trinajstić information content (AvgIpc) is 2.94. The molecule has 1 saturated heterocycles. The van der Waals surface area contributed by atoms with Crippen molar-refractivity contribution in [1.29, 1.82) is 0 Å². The first-order valence-electron chi connectivity index (χ1n) is 9.63. The number of fused-ring (bicyclic) bond motifs is 1. The molecule has 3 nitrogen and oxygen atoms in total. The molecule has 1 aliphatic heterocycles. The van der Waals surface area contributed by atoms with Crippen LogP contribution in [-0.2, 0) is 5.41 Å². The molecule has 1 aromatic carbocycles. The lowest BCUT2D eigenvalue weighted by Crippen LogP contribution is -2.47. The molecule has 24 heavy (non-hydrogen) atoms. The summed E-state index contributed by atoms with van der Waals surface area (Å²) in [6, 6.07) is 6.61. The van der Waals surface area contributed by atoms with Gasteiger partial charge in [-0.15, -0.1) is 0 Å². The van der Waals surface area contributed by atoms with Crippen LogP contribution in [0, 0.1) is 12.8 Å². The standard InChI is InChI=1S/C21H32N2O/c1-5-6-7-8-12-23-13-11-21(4,16(2)15-23)18-9-10-19-20(14-18)24-17(3)22-19/h9-10,14,16H,5-8,11-13,15H2,1-4H3/t16-,21-/m0/s1. The quantitative estimate of drug-likeness (QED) is 0.672. The van der Waals surface area contributed by atoms with E-state index in [2.05, 4.69) is 48.9 Å². The van der Waals surface area contributed by atoms with Gasteiger partial charge in [-0.1, -0.05) is 46.1 Å². The minimum absolute atomic E-state index is 0.231. The van der Waals surface area contributed by atoms with Gasteiger partial charge in [-0.2, -0.15) is 0 Å². The summed E-state index contributed by atoms with van der Waals surface area (Å²) >= 11 is 0. The van der Waals surface area contributed by atoms with E-state index in [4.69, 9.17) is 4.42 Å². The van der Waals surface area contributed by atoms with Gasteiger partial charge in [-0.3, -0.25) is 0 Å². The first-order chi connectivity index (χ1) is 11.5. The van der Waals surface area contributed by atoms with Gasteiger partial charge in [-0.25, -0.2) is 4.98 Å². The van der Waals surface area contributed by atoms with Crippen LogP contribution in [0.1, 0.15) is 64.3 Å². The van der Waals surface area contributed by atoms with Crippen molar-refractivity contribution in [1.82, 2.24) is 9.88 Å². The van der Waals surface area contributed by atoms with Gasteiger partial charge in [0.05, 0.1) is 0 Å². The van der Waals surface area contributed by atoms with Crippen LogP contribution in [-0.4, -0.2) is 29.5 Å². The largest absolute Gasteiger partial charge is 0.441 e. The van der Waals surface area contributed by atoms with Crippen molar-refractivity contribution >= 4 is 11.1 Å². The predicted molar refractivity (Wildman–Crippen MR) is 100 cm³/mol. The van der Waals surface area contributed by atoms with E-state index in [0.29, 0.717) is 5.92 Å². The normalized spacial score (nSPS) is 25.4. The second-order valence-corrected chi connectivity index (χ2v) is 7.85. The Bertz CT molecular complexity index is 678. The van der Waals surface area contributed by atoms with Crippen LogP contribution in [0.3, 0.4) is 0 Å². The molecule has 132 valence electrons. The zero-order valence-electron chi connectivity index (χ0n) is 15.8. The maximum Gasteiger partial charge on any atom is 0.192 e. The summed E-state index contributed by atoms with van der Waals surface area (Å²) in [6.07, 6.45) is 6.64. The fourth-order valence-electron chi connectivity index (χ4n) is 4.11. The van der Waals surface area contributed by atoms with E-state index in [1.165, 1.54) is 57.3 Å². The topological polar surface area (TPSA) is 29.3 Å². The van der Waals surface area contributed by atoms with E-state index < -0.39 is 0 Å². The van der Waals surface area contributed by atoms with Gasteiger partial charge in [0.2, 0.25) is 0 Å². The van der Waals surface area contributed by atoms with E-state index in [1.807, 2.05) is 6.92 Å². The molecular formula is C21H32N2O. The first kappa shape index (κ1) is 17.5. The Kier molecular flexibility index (Phi) is 5.29. The van der Waals surface area contributed by atoms with Crippen LogP contribution in [0.15, 0.2) is 22.6 Å². The van der Waals surface area contributed by atoms with Crippen molar-refractivity contribution in [3.8, 4) is 0 Å². The van der Waals surface area contributed by atoms with Crippen LogP contribution >= 0.6 is 0 Å². The van der Waals surface area contributed by atoms with Crippen molar-refractivity contribution in [2.24, 2.45) is 5.92 Å². The average molecular weight is 329 g/mol. The fourth-order valence-corrected chi connectivity index (χ4v) is 4.11. The summed E-state index contributed by atoms with van der Waals surface area (Å²) in [5.41, 5.74) is 3.54. The van der Waals surface area contributed by atoms with Crippen LogP contribution in [0.4, 0.5) is 0 Å². The van der Waals surface area contributed by atoms with E-state index in [-0.39, 0.29) is 5.41 Å². The Morgan fingerprint density at radius 3 is 2.88 bits per heavy atom. The summed E-state index contributed by atoms with van der Waals surface area (Å²) in [5, 5.41) is 0. The molecule has 0 aliphatic carbocycles. The maximum absolute atomic E-state index is 5.76. The molecule has 0 spiro atoms. The molecule has 1 fully saturated rings. The third-order valence-corrected chi connectivity index (χ3v) is 6.05. The smallest absolute Gasteiger partial charge is 0.192 e. The van der Waals surface area contributed by atoms with Gasteiger partial charge < -0.3 is 9.32 Å². The third-order valence-electron chi connectivity index (χ3n) is 6.05. The molecule has 0 saturated carbocycles. The Balaban J connectivity index is 1.68. The molecule has 0 radical (unpaired) electrons. The van der Waals surface area contributed by atoms with E-state index in [0.717, 1.165) is 17.0 Å².